The number of anilines is 2. The molecule has 144 valence electrons. The highest BCUT2D eigenvalue weighted by molar-refractivity contribution is 6.02. The van der Waals surface area contributed by atoms with Crippen LogP contribution in [0.25, 0.3) is 0 Å². The van der Waals surface area contributed by atoms with Gasteiger partial charge in [-0.3, -0.25) is 9.69 Å². The number of rotatable bonds is 8. The zero-order valence-electron chi connectivity index (χ0n) is 15.3. The zero-order chi connectivity index (χ0) is 19.8. The van der Waals surface area contributed by atoms with Crippen LogP contribution in [0.1, 0.15) is 16.8 Å². The average Bonchev–Trinajstić information content (AvgIpc) is 2.68. The minimum absolute atomic E-state index is 0.278. The maximum Gasteiger partial charge on any atom is 0.323 e. The summed E-state index contributed by atoms with van der Waals surface area (Å²) in [6.07, 6.45) is 2.10. The van der Waals surface area contributed by atoms with Crippen LogP contribution in [-0.4, -0.2) is 44.2 Å². The summed E-state index contributed by atoms with van der Waals surface area (Å²) in [4.78, 5) is 29.8. The molecule has 2 rings (SSSR count). The minimum atomic E-state index is -0.721. The molecule has 0 aliphatic carbocycles. The molecule has 0 atom stereocenters. The Balaban J connectivity index is 2.39. The SMILES string of the molecule is COc1ccc(N(C(N)=O)c2ccc(OC)c(C(=O)NCCCN)c2)cn1. The molecule has 0 unspecified atom stereocenters. The molecule has 0 aliphatic heterocycles. The molecular formula is C18H23N5O4. The number of nitrogens with one attached hydrogen (secondary N) is 1. The normalized spacial score (nSPS) is 10.2. The number of hydrogen-bond donors (Lipinski definition) is 3. The molecular weight excluding hydrogens is 350 g/mol. The summed E-state index contributed by atoms with van der Waals surface area (Å²) in [7, 11) is 2.96. The van der Waals surface area contributed by atoms with Crippen molar-refractivity contribution >= 4 is 23.3 Å². The maximum atomic E-state index is 12.5. The highest BCUT2D eigenvalue weighted by Crippen LogP contribution is 2.30. The molecule has 0 saturated carbocycles. The summed E-state index contributed by atoms with van der Waals surface area (Å²) < 4.78 is 10.3. The van der Waals surface area contributed by atoms with E-state index in [9.17, 15) is 9.59 Å². The van der Waals surface area contributed by atoms with Crippen molar-refractivity contribution in [2.24, 2.45) is 11.5 Å². The molecule has 0 radical (unpaired) electrons. The summed E-state index contributed by atoms with van der Waals surface area (Å²) in [5, 5.41) is 2.76. The lowest BCUT2D eigenvalue weighted by atomic mass is 10.1. The largest absolute Gasteiger partial charge is 0.496 e. The summed E-state index contributed by atoms with van der Waals surface area (Å²) in [5.74, 6) is 0.443. The number of urea groups is 1. The first-order chi connectivity index (χ1) is 13.0. The number of methoxy groups -OCH3 is 2. The summed E-state index contributed by atoms with van der Waals surface area (Å²) in [6.45, 7) is 0.905. The molecule has 1 aromatic heterocycles. The van der Waals surface area contributed by atoms with Gasteiger partial charge in [0.1, 0.15) is 5.75 Å². The van der Waals surface area contributed by atoms with Crippen LogP contribution >= 0.6 is 0 Å². The van der Waals surface area contributed by atoms with Crippen molar-refractivity contribution in [3.8, 4) is 11.6 Å². The van der Waals surface area contributed by atoms with Gasteiger partial charge in [0.2, 0.25) is 5.88 Å². The quantitative estimate of drug-likeness (QED) is 0.599. The Kier molecular flexibility index (Phi) is 6.95. The molecule has 0 spiro atoms. The van der Waals surface area contributed by atoms with Gasteiger partial charge >= 0.3 is 6.03 Å². The molecule has 3 amide bonds. The highest BCUT2D eigenvalue weighted by Gasteiger charge is 2.20. The number of pyridine rings is 1. The van der Waals surface area contributed by atoms with Gasteiger partial charge in [-0.05, 0) is 37.2 Å². The number of amides is 3. The van der Waals surface area contributed by atoms with E-state index in [-0.39, 0.29) is 11.5 Å². The molecule has 2 aromatic rings. The number of carbonyl (C=O) groups is 2. The molecule has 0 saturated heterocycles. The van der Waals surface area contributed by atoms with Gasteiger partial charge in [0.25, 0.3) is 5.91 Å². The standard InChI is InChI=1S/C18H23N5O4/c1-26-15-6-4-12(10-14(15)17(24)21-9-3-8-19)23(18(20)25)13-5-7-16(27-2)22-11-13/h4-7,10-11H,3,8-9,19H2,1-2H3,(H2,20,25)(H,21,24). The fraction of sp³-hybridized carbons (Fsp3) is 0.278. The van der Waals surface area contributed by atoms with E-state index in [1.807, 2.05) is 0 Å². The van der Waals surface area contributed by atoms with E-state index in [1.54, 1.807) is 24.3 Å². The number of nitrogens with zero attached hydrogens (tertiary/aromatic N) is 2. The fourth-order valence-electron chi connectivity index (χ4n) is 2.44. The lowest BCUT2D eigenvalue weighted by Gasteiger charge is -2.22. The minimum Gasteiger partial charge on any atom is -0.496 e. The summed E-state index contributed by atoms with van der Waals surface area (Å²) in [6, 6.07) is 7.29. The third-order valence-electron chi connectivity index (χ3n) is 3.76. The van der Waals surface area contributed by atoms with E-state index in [0.29, 0.717) is 42.5 Å². The van der Waals surface area contributed by atoms with E-state index < -0.39 is 6.03 Å². The number of hydrogen-bond acceptors (Lipinski definition) is 6. The van der Waals surface area contributed by atoms with Crippen molar-refractivity contribution in [1.82, 2.24) is 10.3 Å². The van der Waals surface area contributed by atoms with Crippen molar-refractivity contribution in [1.29, 1.82) is 0 Å². The van der Waals surface area contributed by atoms with Gasteiger partial charge in [-0.1, -0.05) is 0 Å². The van der Waals surface area contributed by atoms with Crippen LogP contribution in [0, 0.1) is 0 Å². The summed E-state index contributed by atoms with van der Waals surface area (Å²) in [5.41, 5.74) is 12.1. The Labute approximate surface area is 157 Å². The number of nitrogens with two attached hydrogens (primary N) is 2. The van der Waals surface area contributed by atoms with Gasteiger partial charge in [-0.25, -0.2) is 9.78 Å². The second kappa shape index (κ2) is 9.39. The number of benzene rings is 1. The zero-order valence-corrected chi connectivity index (χ0v) is 15.3. The first-order valence-corrected chi connectivity index (χ1v) is 8.27. The van der Waals surface area contributed by atoms with Crippen LogP contribution in [0.3, 0.4) is 0 Å². The highest BCUT2D eigenvalue weighted by atomic mass is 16.5. The third-order valence-corrected chi connectivity index (χ3v) is 3.76. The molecule has 9 nitrogen and oxygen atoms in total. The molecule has 5 N–H and O–H groups in total. The maximum absolute atomic E-state index is 12.5. The van der Waals surface area contributed by atoms with E-state index >= 15 is 0 Å². The fourth-order valence-corrected chi connectivity index (χ4v) is 2.44. The molecule has 9 heteroatoms. The van der Waals surface area contributed by atoms with E-state index in [0.717, 1.165) is 0 Å². The molecule has 1 aromatic carbocycles. The second-order valence-electron chi connectivity index (χ2n) is 5.52. The van der Waals surface area contributed by atoms with Crippen LogP contribution in [0.2, 0.25) is 0 Å². The lowest BCUT2D eigenvalue weighted by molar-refractivity contribution is 0.0950. The number of primary amides is 1. The first kappa shape index (κ1) is 20.0. The first-order valence-electron chi connectivity index (χ1n) is 8.27. The van der Waals surface area contributed by atoms with Crippen LogP contribution < -0.4 is 31.2 Å². The number of aromatic nitrogens is 1. The Hall–Kier alpha value is -3.33. The Morgan fingerprint density at radius 2 is 1.89 bits per heavy atom. The Bertz CT molecular complexity index is 795. The van der Waals surface area contributed by atoms with E-state index in [1.165, 1.54) is 31.4 Å². The van der Waals surface area contributed by atoms with Gasteiger partial charge in [-0.15, -0.1) is 0 Å². The Morgan fingerprint density at radius 1 is 1.15 bits per heavy atom. The molecule has 0 aliphatic rings. The van der Waals surface area contributed by atoms with Crippen molar-refractivity contribution < 1.29 is 19.1 Å². The number of carbonyl (C=O) groups excluding carboxylic acids is 2. The number of ether oxygens (including phenoxy) is 2. The summed E-state index contributed by atoms with van der Waals surface area (Å²) >= 11 is 0. The predicted molar refractivity (Wildman–Crippen MR) is 102 cm³/mol. The molecule has 0 bridgehead atoms. The van der Waals surface area contributed by atoms with Gasteiger partial charge in [0, 0.05) is 12.6 Å². The van der Waals surface area contributed by atoms with E-state index in [4.69, 9.17) is 20.9 Å². The van der Waals surface area contributed by atoms with Crippen molar-refractivity contribution in [3.63, 3.8) is 0 Å². The van der Waals surface area contributed by atoms with Gasteiger partial charge < -0.3 is 26.3 Å². The van der Waals surface area contributed by atoms with Crippen LogP contribution in [0.15, 0.2) is 36.5 Å². The smallest absolute Gasteiger partial charge is 0.323 e. The monoisotopic (exact) mass is 373 g/mol. The van der Waals surface area contributed by atoms with Gasteiger partial charge in [0.05, 0.1) is 37.4 Å². The van der Waals surface area contributed by atoms with Crippen molar-refractivity contribution in [3.05, 3.63) is 42.1 Å². The molecule has 1 heterocycles. The van der Waals surface area contributed by atoms with Gasteiger partial charge in [0.15, 0.2) is 0 Å². The Morgan fingerprint density at radius 3 is 2.44 bits per heavy atom. The van der Waals surface area contributed by atoms with Crippen LogP contribution in [0.4, 0.5) is 16.2 Å². The lowest BCUT2D eigenvalue weighted by Crippen LogP contribution is -2.32. The van der Waals surface area contributed by atoms with Gasteiger partial charge in [-0.2, -0.15) is 0 Å². The van der Waals surface area contributed by atoms with Crippen molar-refractivity contribution in [2.45, 2.75) is 6.42 Å². The third kappa shape index (κ3) is 4.85. The van der Waals surface area contributed by atoms with E-state index in [2.05, 4.69) is 10.3 Å². The van der Waals surface area contributed by atoms with Crippen LogP contribution in [0.5, 0.6) is 11.6 Å². The van der Waals surface area contributed by atoms with Crippen LogP contribution in [-0.2, 0) is 0 Å². The molecule has 27 heavy (non-hydrogen) atoms. The average molecular weight is 373 g/mol. The predicted octanol–water partition coefficient (Wildman–Crippen LogP) is 1.39. The molecule has 0 fully saturated rings. The second-order valence-corrected chi connectivity index (χ2v) is 5.52. The van der Waals surface area contributed by atoms with Crippen molar-refractivity contribution in [2.75, 3.05) is 32.2 Å². The topological polar surface area (TPSA) is 133 Å².